The van der Waals surface area contributed by atoms with Crippen molar-refractivity contribution in [1.29, 1.82) is 0 Å². The normalized spacial score (nSPS) is 16.9. The number of aliphatic hydroxyl groups is 1. The number of fused-ring (bicyclic) bond motifs is 1. The molecule has 1 atom stereocenters. The van der Waals surface area contributed by atoms with Crippen LogP contribution < -0.4 is 0 Å². The minimum atomic E-state index is -3.89. The smallest absolute Gasteiger partial charge is 0.264 e. The standard InChI is InChI=1S/C26H24O6S/c1-33(30,31)32-18-26(29,20-12-6-3-7-13-20)17-25(16-19-10-4-2-5-11-19)23(27)21-14-8-9-15-22(21)24(25)28/h2-15,29H,16-18H2,1H3. The number of hydrogen-bond acceptors (Lipinski definition) is 6. The maximum Gasteiger partial charge on any atom is 0.264 e. The molecule has 0 amide bonds. The van der Waals surface area contributed by atoms with Crippen molar-refractivity contribution in [2.24, 2.45) is 5.41 Å². The van der Waals surface area contributed by atoms with Crippen LogP contribution in [0.4, 0.5) is 0 Å². The third-order valence-corrected chi connectivity index (χ3v) is 6.60. The minimum Gasteiger partial charge on any atom is -0.383 e. The number of carbonyl (C=O) groups is 2. The maximum atomic E-state index is 13.8. The molecule has 0 radical (unpaired) electrons. The number of carbonyl (C=O) groups excluding carboxylic acids is 2. The van der Waals surface area contributed by atoms with Gasteiger partial charge in [0.15, 0.2) is 11.6 Å². The van der Waals surface area contributed by atoms with Crippen molar-refractivity contribution >= 4 is 21.7 Å². The summed E-state index contributed by atoms with van der Waals surface area (Å²) in [6, 6.07) is 24.1. The molecular weight excluding hydrogens is 440 g/mol. The van der Waals surface area contributed by atoms with Gasteiger partial charge in [0.25, 0.3) is 10.1 Å². The van der Waals surface area contributed by atoms with Crippen LogP contribution >= 0.6 is 0 Å². The number of ketones is 2. The highest BCUT2D eigenvalue weighted by molar-refractivity contribution is 7.85. The van der Waals surface area contributed by atoms with Crippen molar-refractivity contribution < 1.29 is 27.3 Å². The molecule has 3 aromatic carbocycles. The van der Waals surface area contributed by atoms with E-state index in [9.17, 15) is 23.1 Å². The van der Waals surface area contributed by atoms with Crippen LogP contribution in [-0.2, 0) is 26.3 Å². The lowest BCUT2D eigenvalue weighted by molar-refractivity contribution is -0.0375. The Morgan fingerprint density at radius 1 is 0.818 bits per heavy atom. The Labute approximate surface area is 193 Å². The van der Waals surface area contributed by atoms with Gasteiger partial charge in [-0.15, -0.1) is 0 Å². The van der Waals surface area contributed by atoms with Crippen LogP contribution in [0, 0.1) is 5.41 Å². The van der Waals surface area contributed by atoms with Crippen molar-refractivity contribution in [2.45, 2.75) is 18.4 Å². The fraction of sp³-hybridized carbons (Fsp3) is 0.231. The molecule has 1 unspecified atom stereocenters. The zero-order chi connectivity index (χ0) is 23.7. The molecule has 0 heterocycles. The first kappa shape index (κ1) is 23.0. The lowest BCUT2D eigenvalue weighted by Gasteiger charge is -2.36. The number of Topliss-reactive ketones (excluding diaryl/α,β-unsaturated/α-hetero) is 2. The highest BCUT2D eigenvalue weighted by Crippen LogP contribution is 2.47. The lowest BCUT2D eigenvalue weighted by atomic mass is 9.68. The van der Waals surface area contributed by atoms with Gasteiger partial charge in [-0.1, -0.05) is 84.9 Å². The molecule has 0 spiro atoms. The Hall–Kier alpha value is -3.13. The number of rotatable bonds is 8. The first-order chi connectivity index (χ1) is 15.6. The molecule has 4 rings (SSSR count). The van der Waals surface area contributed by atoms with Gasteiger partial charge >= 0.3 is 0 Å². The lowest BCUT2D eigenvalue weighted by Crippen LogP contribution is -2.46. The second-order valence-electron chi connectivity index (χ2n) is 8.49. The Kier molecular flexibility index (Phi) is 6.05. The van der Waals surface area contributed by atoms with Gasteiger partial charge in [0.05, 0.1) is 12.9 Å². The molecule has 1 aliphatic rings. The molecule has 6 nitrogen and oxygen atoms in total. The summed E-state index contributed by atoms with van der Waals surface area (Å²) in [4.78, 5) is 27.5. The highest BCUT2D eigenvalue weighted by atomic mass is 32.2. The molecule has 0 fully saturated rings. The van der Waals surface area contributed by atoms with Crippen LogP contribution in [-0.4, -0.2) is 38.0 Å². The predicted octanol–water partition coefficient (Wildman–Crippen LogP) is 3.55. The average Bonchev–Trinajstić information content (AvgIpc) is 3.01. The molecule has 0 bridgehead atoms. The molecule has 0 aliphatic heterocycles. The largest absolute Gasteiger partial charge is 0.383 e. The molecule has 7 heteroatoms. The SMILES string of the molecule is CS(=O)(=O)OCC(O)(CC1(Cc2ccccc2)C(=O)c2ccccc2C1=O)c1ccccc1. The molecule has 1 N–H and O–H groups in total. The van der Waals surface area contributed by atoms with E-state index in [4.69, 9.17) is 4.18 Å². The molecule has 170 valence electrons. The average molecular weight is 465 g/mol. The van der Waals surface area contributed by atoms with Crippen LogP contribution in [0.5, 0.6) is 0 Å². The number of benzene rings is 3. The quantitative estimate of drug-likeness (QED) is 0.404. The molecule has 1 aliphatic carbocycles. The van der Waals surface area contributed by atoms with E-state index in [0.717, 1.165) is 11.8 Å². The van der Waals surface area contributed by atoms with E-state index in [-0.39, 0.29) is 24.4 Å². The molecular formula is C26H24O6S. The Bertz CT molecular complexity index is 1250. The van der Waals surface area contributed by atoms with Crippen LogP contribution in [0.1, 0.15) is 38.3 Å². The van der Waals surface area contributed by atoms with Crippen molar-refractivity contribution in [1.82, 2.24) is 0 Å². The maximum absolute atomic E-state index is 13.8. The Morgan fingerprint density at radius 3 is 1.82 bits per heavy atom. The molecule has 0 saturated heterocycles. The zero-order valence-corrected chi connectivity index (χ0v) is 18.9. The summed E-state index contributed by atoms with van der Waals surface area (Å²) in [5.41, 5.74) is -1.80. The zero-order valence-electron chi connectivity index (χ0n) is 18.1. The molecule has 0 aromatic heterocycles. The summed E-state index contributed by atoms with van der Waals surface area (Å²) >= 11 is 0. The predicted molar refractivity (Wildman–Crippen MR) is 123 cm³/mol. The van der Waals surface area contributed by atoms with E-state index in [0.29, 0.717) is 16.7 Å². The van der Waals surface area contributed by atoms with E-state index in [2.05, 4.69) is 0 Å². The second-order valence-corrected chi connectivity index (χ2v) is 10.1. The van der Waals surface area contributed by atoms with Crippen molar-refractivity contribution in [3.8, 4) is 0 Å². The van der Waals surface area contributed by atoms with Crippen LogP contribution in [0.15, 0.2) is 84.9 Å². The monoisotopic (exact) mass is 464 g/mol. The van der Waals surface area contributed by atoms with Crippen LogP contribution in [0.3, 0.4) is 0 Å². The topological polar surface area (TPSA) is 97.7 Å². The van der Waals surface area contributed by atoms with Gasteiger partial charge in [-0.25, -0.2) is 0 Å². The highest BCUT2D eigenvalue weighted by Gasteiger charge is 2.56. The fourth-order valence-electron chi connectivity index (χ4n) is 4.51. The van der Waals surface area contributed by atoms with E-state index in [1.807, 2.05) is 30.3 Å². The molecule has 0 saturated carbocycles. The van der Waals surface area contributed by atoms with E-state index in [1.54, 1.807) is 54.6 Å². The van der Waals surface area contributed by atoms with Crippen molar-refractivity contribution in [3.05, 3.63) is 107 Å². The van der Waals surface area contributed by atoms with Crippen molar-refractivity contribution in [2.75, 3.05) is 12.9 Å². The molecule has 3 aromatic rings. The summed E-state index contributed by atoms with van der Waals surface area (Å²) in [6.45, 7) is -0.622. The van der Waals surface area contributed by atoms with E-state index in [1.165, 1.54) is 0 Å². The van der Waals surface area contributed by atoms with E-state index >= 15 is 0 Å². The Balaban J connectivity index is 1.85. The van der Waals surface area contributed by atoms with Gasteiger partial charge in [0.2, 0.25) is 0 Å². The summed E-state index contributed by atoms with van der Waals surface area (Å²) < 4.78 is 28.5. The van der Waals surface area contributed by atoms with Gasteiger partial charge in [0.1, 0.15) is 11.0 Å². The van der Waals surface area contributed by atoms with Gasteiger partial charge in [-0.05, 0) is 17.5 Å². The van der Waals surface area contributed by atoms with Gasteiger partial charge in [0, 0.05) is 17.5 Å². The van der Waals surface area contributed by atoms with Crippen molar-refractivity contribution in [3.63, 3.8) is 0 Å². The first-order valence-corrected chi connectivity index (χ1v) is 12.3. The molecule has 33 heavy (non-hydrogen) atoms. The van der Waals surface area contributed by atoms with E-state index < -0.39 is 27.7 Å². The third kappa shape index (κ3) is 4.53. The summed E-state index contributed by atoms with van der Waals surface area (Å²) in [5.74, 6) is -0.777. The fourth-order valence-corrected chi connectivity index (χ4v) is 4.92. The summed E-state index contributed by atoms with van der Waals surface area (Å²) in [5, 5.41) is 11.8. The third-order valence-electron chi connectivity index (χ3n) is 6.05. The van der Waals surface area contributed by atoms with Crippen LogP contribution in [0.25, 0.3) is 0 Å². The first-order valence-electron chi connectivity index (χ1n) is 10.5. The van der Waals surface area contributed by atoms with Crippen LogP contribution in [0.2, 0.25) is 0 Å². The minimum absolute atomic E-state index is 0.0637. The summed E-state index contributed by atoms with van der Waals surface area (Å²) in [7, 11) is -3.89. The van der Waals surface area contributed by atoms with Gasteiger partial charge < -0.3 is 5.11 Å². The van der Waals surface area contributed by atoms with Gasteiger partial charge in [-0.2, -0.15) is 8.42 Å². The number of hydrogen-bond donors (Lipinski definition) is 1. The Morgan fingerprint density at radius 2 is 1.30 bits per heavy atom. The summed E-state index contributed by atoms with van der Waals surface area (Å²) in [6.07, 6.45) is 0.620. The van der Waals surface area contributed by atoms with Gasteiger partial charge in [-0.3, -0.25) is 13.8 Å². The second kappa shape index (κ2) is 8.67.